The van der Waals surface area contributed by atoms with Gasteiger partial charge in [-0.25, -0.2) is 0 Å². The topological polar surface area (TPSA) is 94.1 Å². The van der Waals surface area contributed by atoms with E-state index in [0.29, 0.717) is 24.5 Å². The second-order valence-electron chi connectivity index (χ2n) is 3.80. The molecule has 0 saturated carbocycles. The van der Waals surface area contributed by atoms with Gasteiger partial charge in [-0.05, 0) is 18.6 Å². The van der Waals surface area contributed by atoms with Gasteiger partial charge in [0.1, 0.15) is 5.69 Å². The highest BCUT2D eigenvalue weighted by atomic mass is 16.6. The van der Waals surface area contributed by atoms with E-state index in [1.165, 1.54) is 12.5 Å². The van der Waals surface area contributed by atoms with Gasteiger partial charge >= 0.3 is 0 Å². The summed E-state index contributed by atoms with van der Waals surface area (Å²) in [5.41, 5.74) is 1.53. The molecule has 0 aliphatic rings. The minimum absolute atomic E-state index is 0.0636. The molecule has 0 amide bonds. The Kier molecular flexibility index (Phi) is 3.52. The molecule has 1 N–H and O–H groups in total. The number of aromatic nitrogens is 2. The van der Waals surface area contributed by atoms with Crippen molar-refractivity contribution in [1.82, 2.24) is 10.1 Å². The van der Waals surface area contributed by atoms with E-state index in [4.69, 9.17) is 0 Å². The summed E-state index contributed by atoms with van der Waals surface area (Å²) in [6.45, 7) is 2.39. The van der Waals surface area contributed by atoms with Crippen molar-refractivity contribution in [2.75, 3.05) is 11.9 Å². The molecule has 0 aliphatic carbocycles. The number of hydrogen-bond acceptors (Lipinski definition) is 6. The average molecular weight is 248 g/mol. The van der Waals surface area contributed by atoms with Gasteiger partial charge in [-0.15, -0.1) is 0 Å². The Morgan fingerprint density at radius 2 is 2.33 bits per heavy atom. The number of nitrogens with one attached hydrogen (secondary N) is 1. The number of nitrogens with zero attached hydrogens (tertiary/aromatic N) is 3. The molecule has 0 bridgehead atoms. The van der Waals surface area contributed by atoms with Gasteiger partial charge in [0.25, 0.3) is 5.69 Å². The van der Waals surface area contributed by atoms with Gasteiger partial charge in [-0.2, -0.15) is 4.98 Å². The van der Waals surface area contributed by atoms with E-state index >= 15 is 0 Å². The number of aryl methyl sites for hydroxylation is 1. The summed E-state index contributed by atoms with van der Waals surface area (Å²) in [4.78, 5) is 14.3. The fourth-order valence-electron chi connectivity index (χ4n) is 1.56. The molecule has 0 saturated heterocycles. The Labute approximate surface area is 103 Å². The predicted octanol–water partition coefficient (Wildman–Crippen LogP) is 1.94. The third-order valence-electron chi connectivity index (χ3n) is 2.42. The Balaban J connectivity index is 2.03. The molecule has 0 unspecified atom stereocenters. The first kappa shape index (κ1) is 12.0. The van der Waals surface area contributed by atoms with Crippen molar-refractivity contribution in [2.24, 2.45) is 0 Å². The summed E-state index contributed by atoms with van der Waals surface area (Å²) in [5, 5.41) is 17.5. The molecule has 0 aliphatic heterocycles. The van der Waals surface area contributed by atoms with E-state index in [1.807, 2.05) is 6.92 Å². The Bertz CT molecular complexity index is 539. The largest absolute Gasteiger partial charge is 0.379 e. The first-order valence-electron chi connectivity index (χ1n) is 5.41. The van der Waals surface area contributed by atoms with Crippen LogP contribution in [0.3, 0.4) is 0 Å². The molecule has 0 spiro atoms. The minimum Gasteiger partial charge on any atom is -0.379 e. The molecule has 0 fully saturated rings. The lowest BCUT2D eigenvalue weighted by molar-refractivity contribution is -0.384. The molecule has 18 heavy (non-hydrogen) atoms. The molecule has 1 aromatic carbocycles. The molecular formula is C11H12N4O3. The SMILES string of the molecule is Cc1ccc([N+](=O)[O-])c(NCCc2ncon2)c1. The number of nitro benzene ring substituents is 1. The van der Waals surface area contributed by atoms with E-state index in [-0.39, 0.29) is 5.69 Å². The molecule has 1 aromatic heterocycles. The van der Waals surface area contributed by atoms with Gasteiger partial charge in [0.2, 0.25) is 6.39 Å². The molecule has 0 radical (unpaired) electrons. The summed E-state index contributed by atoms with van der Waals surface area (Å²) in [6.07, 6.45) is 1.80. The number of nitro groups is 1. The van der Waals surface area contributed by atoms with Gasteiger partial charge in [-0.3, -0.25) is 10.1 Å². The zero-order valence-electron chi connectivity index (χ0n) is 9.79. The van der Waals surface area contributed by atoms with Crippen molar-refractivity contribution in [3.05, 3.63) is 46.1 Å². The zero-order chi connectivity index (χ0) is 13.0. The van der Waals surface area contributed by atoms with Crippen molar-refractivity contribution in [3.63, 3.8) is 0 Å². The van der Waals surface area contributed by atoms with E-state index < -0.39 is 4.92 Å². The van der Waals surface area contributed by atoms with Crippen LogP contribution in [0.4, 0.5) is 11.4 Å². The fraction of sp³-hybridized carbons (Fsp3) is 0.273. The summed E-state index contributed by atoms with van der Waals surface area (Å²) < 4.78 is 4.60. The molecule has 0 atom stereocenters. The normalized spacial score (nSPS) is 10.3. The molecule has 7 heteroatoms. The standard InChI is InChI=1S/C11H12N4O3/c1-8-2-3-10(15(16)17)9(6-8)12-5-4-11-13-7-18-14-11/h2-3,6-7,12H,4-5H2,1H3. The summed E-state index contributed by atoms with van der Waals surface area (Å²) in [5.74, 6) is 0.567. The van der Waals surface area contributed by atoms with Crippen LogP contribution >= 0.6 is 0 Å². The number of rotatable bonds is 5. The maximum absolute atomic E-state index is 10.9. The Morgan fingerprint density at radius 1 is 1.50 bits per heavy atom. The fourth-order valence-corrected chi connectivity index (χ4v) is 1.56. The predicted molar refractivity (Wildman–Crippen MR) is 64.3 cm³/mol. The maximum atomic E-state index is 10.9. The second-order valence-corrected chi connectivity index (χ2v) is 3.80. The quantitative estimate of drug-likeness (QED) is 0.641. The highest BCUT2D eigenvalue weighted by molar-refractivity contribution is 5.62. The van der Waals surface area contributed by atoms with Crippen LogP contribution in [0, 0.1) is 17.0 Å². The average Bonchev–Trinajstić information content (AvgIpc) is 2.82. The summed E-state index contributed by atoms with van der Waals surface area (Å²) >= 11 is 0. The van der Waals surface area contributed by atoms with Gasteiger partial charge in [-0.1, -0.05) is 11.2 Å². The van der Waals surface area contributed by atoms with E-state index in [2.05, 4.69) is 20.0 Å². The lowest BCUT2D eigenvalue weighted by Crippen LogP contribution is -2.08. The third kappa shape index (κ3) is 2.82. The van der Waals surface area contributed by atoms with Crippen LogP contribution < -0.4 is 5.32 Å². The van der Waals surface area contributed by atoms with E-state index in [0.717, 1.165) is 5.56 Å². The first-order chi connectivity index (χ1) is 8.66. The highest BCUT2D eigenvalue weighted by Gasteiger charge is 2.12. The maximum Gasteiger partial charge on any atom is 0.292 e. The molecular weight excluding hydrogens is 236 g/mol. The van der Waals surface area contributed by atoms with Gasteiger partial charge in [0.15, 0.2) is 5.82 Å². The highest BCUT2D eigenvalue weighted by Crippen LogP contribution is 2.24. The molecule has 7 nitrogen and oxygen atoms in total. The van der Waals surface area contributed by atoms with Crippen LogP contribution in [0.5, 0.6) is 0 Å². The van der Waals surface area contributed by atoms with Crippen LogP contribution in [-0.4, -0.2) is 21.6 Å². The Morgan fingerprint density at radius 3 is 3.00 bits per heavy atom. The van der Waals surface area contributed by atoms with E-state index in [1.54, 1.807) is 12.1 Å². The van der Waals surface area contributed by atoms with Crippen LogP contribution in [0.2, 0.25) is 0 Å². The van der Waals surface area contributed by atoms with Crippen LogP contribution in [0.25, 0.3) is 0 Å². The van der Waals surface area contributed by atoms with Crippen molar-refractivity contribution in [1.29, 1.82) is 0 Å². The lowest BCUT2D eigenvalue weighted by atomic mass is 10.2. The van der Waals surface area contributed by atoms with Gasteiger partial charge in [0, 0.05) is 19.0 Å². The number of hydrogen-bond donors (Lipinski definition) is 1. The van der Waals surface area contributed by atoms with Crippen LogP contribution in [-0.2, 0) is 6.42 Å². The van der Waals surface area contributed by atoms with Gasteiger partial charge < -0.3 is 9.84 Å². The molecule has 2 aromatic rings. The zero-order valence-corrected chi connectivity index (χ0v) is 9.79. The van der Waals surface area contributed by atoms with Crippen molar-refractivity contribution in [2.45, 2.75) is 13.3 Å². The summed E-state index contributed by atoms with van der Waals surface area (Å²) in [6, 6.07) is 4.95. The molecule has 94 valence electrons. The lowest BCUT2D eigenvalue weighted by Gasteiger charge is -2.06. The monoisotopic (exact) mass is 248 g/mol. The molecule has 1 heterocycles. The van der Waals surface area contributed by atoms with Crippen molar-refractivity contribution >= 4 is 11.4 Å². The number of benzene rings is 1. The van der Waals surface area contributed by atoms with Gasteiger partial charge in [0.05, 0.1) is 4.92 Å². The third-order valence-corrected chi connectivity index (χ3v) is 2.42. The van der Waals surface area contributed by atoms with Crippen molar-refractivity contribution in [3.8, 4) is 0 Å². The minimum atomic E-state index is -0.407. The van der Waals surface area contributed by atoms with Crippen LogP contribution in [0.1, 0.15) is 11.4 Å². The smallest absolute Gasteiger partial charge is 0.292 e. The Hall–Kier alpha value is -2.44. The first-order valence-corrected chi connectivity index (χ1v) is 5.41. The van der Waals surface area contributed by atoms with E-state index in [9.17, 15) is 10.1 Å². The van der Waals surface area contributed by atoms with Crippen molar-refractivity contribution < 1.29 is 9.45 Å². The second kappa shape index (κ2) is 5.26. The van der Waals surface area contributed by atoms with Crippen LogP contribution in [0.15, 0.2) is 29.1 Å². The summed E-state index contributed by atoms with van der Waals surface area (Å²) in [7, 11) is 0. The molecule has 2 rings (SSSR count). The number of anilines is 1.